The molecule has 0 unspecified atom stereocenters. The van der Waals surface area contributed by atoms with Gasteiger partial charge in [0.1, 0.15) is 0 Å². The summed E-state index contributed by atoms with van der Waals surface area (Å²) < 4.78 is 5.15. The summed E-state index contributed by atoms with van der Waals surface area (Å²) in [6.07, 6.45) is 5.32. The molecule has 1 aliphatic heterocycles. The molecular weight excluding hydrogens is 258 g/mol. The predicted octanol–water partition coefficient (Wildman–Crippen LogP) is 1.95. The van der Waals surface area contributed by atoms with Crippen LogP contribution in [0.4, 0.5) is 0 Å². The number of carbonyl (C=O) groups is 2. The summed E-state index contributed by atoms with van der Waals surface area (Å²) in [5.74, 6) is -0.949. The summed E-state index contributed by atoms with van der Waals surface area (Å²) in [6, 6.07) is 0. The Hall–Kier alpha value is -1.10. The van der Waals surface area contributed by atoms with E-state index in [0.29, 0.717) is 32.6 Å². The van der Waals surface area contributed by atoms with E-state index in [1.807, 2.05) is 0 Å². The van der Waals surface area contributed by atoms with Crippen molar-refractivity contribution in [2.75, 3.05) is 19.8 Å². The lowest BCUT2D eigenvalue weighted by Crippen LogP contribution is -2.49. The van der Waals surface area contributed by atoms with Crippen LogP contribution < -0.4 is 5.32 Å². The van der Waals surface area contributed by atoms with Gasteiger partial charge in [0, 0.05) is 18.4 Å². The van der Waals surface area contributed by atoms with Crippen molar-refractivity contribution in [3.63, 3.8) is 0 Å². The zero-order valence-corrected chi connectivity index (χ0v) is 12.2. The van der Waals surface area contributed by atoms with E-state index in [2.05, 4.69) is 12.2 Å². The topological polar surface area (TPSA) is 75.6 Å². The van der Waals surface area contributed by atoms with Gasteiger partial charge in [-0.15, -0.1) is 0 Å². The van der Waals surface area contributed by atoms with E-state index in [1.165, 1.54) is 0 Å². The lowest BCUT2D eigenvalue weighted by molar-refractivity contribution is -0.153. The van der Waals surface area contributed by atoms with Crippen molar-refractivity contribution in [1.82, 2.24) is 5.32 Å². The Kier molecular flexibility index (Phi) is 4.68. The molecular formula is C15H25NO4. The van der Waals surface area contributed by atoms with Gasteiger partial charge in [0.15, 0.2) is 0 Å². The average molecular weight is 283 g/mol. The predicted molar refractivity (Wildman–Crippen MR) is 74.3 cm³/mol. The first-order chi connectivity index (χ1) is 9.46. The third kappa shape index (κ3) is 3.51. The maximum absolute atomic E-state index is 12.1. The van der Waals surface area contributed by atoms with Crippen molar-refractivity contribution in [2.45, 2.75) is 51.9 Å². The zero-order chi connectivity index (χ0) is 14.6. The Morgan fingerprint density at radius 1 is 1.15 bits per heavy atom. The quantitative estimate of drug-likeness (QED) is 0.756. The monoisotopic (exact) mass is 283 g/mol. The van der Waals surface area contributed by atoms with E-state index in [9.17, 15) is 14.7 Å². The van der Waals surface area contributed by atoms with Crippen molar-refractivity contribution >= 4 is 11.9 Å². The minimum atomic E-state index is -0.850. The number of ether oxygens (including phenoxy) is 1. The molecule has 5 nitrogen and oxygen atoms in total. The molecule has 5 heteroatoms. The largest absolute Gasteiger partial charge is 0.481 e. The number of hydrogen-bond donors (Lipinski definition) is 2. The Balaban J connectivity index is 1.89. The smallest absolute Gasteiger partial charge is 0.310 e. The highest BCUT2D eigenvalue weighted by Gasteiger charge is 2.41. The molecule has 1 heterocycles. The molecule has 1 saturated heterocycles. The molecule has 1 amide bonds. The summed E-state index contributed by atoms with van der Waals surface area (Å²) in [6.45, 7) is 3.96. The van der Waals surface area contributed by atoms with E-state index >= 15 is 0 Å². The van der Waals surface area contributed by atoms with Gasteiger partial charge in [0.25, 0.3) is 0 Å². The molecule has 2 rings (SSSR count). The fourth-order valence-electron chi connectivity index (χ4n) is 3.11. The third-order valence-electron chi connectivity index (χ3n) is 4.63. The summed E-state index contributed by atoms with van der Waals surface area (Å²) in [4.78, 5) is 23.7. The maximum atomic E-state index is 12.1. The number of carbonyl (C=O) groups excluding carboxylic acids is 1. The molecule has 2 N–H and O–H groups in total. The molecule has 0 aromatic rings. The standard InChI is InChI=1S/C15H25NO4/c1-14(10-20-11-14)9-16-12(17)8-15(13(18)19)6-4-2-3-5-7-15/h2-11H2,1H3,(H,16,17)(H,18,19). The number of carboxylic acid groups (broad SMARTS) is 1. The van der Waals surface area contributed by atoms with Crippen LogP contribution in [0, 0.1) is 10.8 Å². The highest BCUT2D eigenvalue weighted by molar-refractivity contribution is 5.85. The van der Waals surface area contributed by atoms with Crippen molar-refractivity contribution < 1.29 is 19.4 Å². The fourth-order valence-corrected chi connectivity index (χ4v) is 3.11. The normalized spacial score (nSPS) is 24.2. The molecule has 1 saturated carbocycles. The minimum absolute atomic E-state index is 0.0233. The van der Waals surface area contributed by atoms with Crippen LogP contribution in [0.2, 0.25) is 0 Å². The molecule has 0 aromatic heterocycles. The van der Waals surface area contributed by atoms with Crippen molar-refractivity contribution in [3.8, 4) is 0 Å². The van der Waals surface area contributed by atoms with Crippen LogP contribution >= 0.6 is 0 Å². The van der Waals surface area contributed by atoms with E-state index in [1.54, 1.807) is 0 Å². The van der Waals surface area contributed by atoms with Crippen molar-refractivity contribution in [2.24, 2.45) is 10.8 Å². The second-order valence-electron chi connectivity index (χ2n) is 6.76. The second kappa shape index (κ2) is 6.12. The number of aliphatic carboxylic acids is 1. The lowest BCUT2D eigenvalue weighted by atomic mass is 9.77. The molecule has 114 valence electrons. The molecule has 2 aliphatic rings. The fraction of sp³-hybridized carbons (Fsp3) is 0.867. The number of amides is 1. The van der Waals surface area contributed by atoms with Crippen molar-refractivity contribution in [3.05, 3.63) is 0 Å². The van der Waals surface area contributed by atoms with Crippen LogP contribution in [0.1, 0.15) is 51.9 Å². The van der Waals surface area contributed by atoms with E-state index in [-0.39, 0.29) is 17.7 Å². The van der Waals surface area contributed by atoms with Crippen molar-refractivity contribution in [1.29, 1.82) is 0 Å². The first-order valence-electron chi connectivity index (χ1n) is 7.54. The summed E-state index contributed by atoms with van der Waals surface area (Å²) >= 11 is 0. The third-order valence-corrected chi connectivity index (χ3v) is 4.63. The summed E-state index contributed by atoms with van der Waals surface area (Å²) in [5, 5.41) is 12.4. The Labute approximate surface area is 120 Å². The summed E-state index contributed by atoms with van der Waals surface area (Å²) in [7, 11) is 0. The van der Waals surface area contributed by atoms with E-state index in [0.717, 1.165) is 25.7 Å². The van der Waals surface area contributed by atoms with Gasteiger partial charge < -0.3 is 15.2 Å². The van der Waals surface area contributed by atoms with Gasteiger partial charge in [0.2, 0.25) is 5.91 Å². The van der Waals surface area contributed by atoms with Gasteiger partial charge in [0.05, 0.1) is 18.6 Å². The van der Waals surface area contributed by atoms with Gasteiger partial charge in [-0.1, -0.05) is 32.6 Å². The number of hydrogen-bond acceptors (Lipinski definition) is 3. The van der Waals surface area contributed by atoms with Gasteiger partial charge in [-0.3, -0.25) is 9.59 Å². The van der Waals surface area contributed by atoms with Crippen LogP contribution in [0.3, 0.4) is 0 Å². The van der Waals surface area contributed by atoms with Crippen LogP contribution in [0.15, 0.2) is 0 Å². The molecule has 0 radical (unpaired) electrons. The molecule has 2 fully saturated rings. The van der Waals surface area contributed by atoms with Gasteiger partial charge in [-0.25, -0.2) is 0 Å². The maximum Gasteiger partial charge on any atom is 0.310 e. The van der Waals surface area contributed by atoms with Gasteiger partial charge >= 0.3 is 5.97 Å². The Morgan fingerprint density at radius 3 is 2.20 bits per heavy atom. The SMILES string of the molecule is CC1(CNC(=O)CC2(C(=O)O)CCCCCC2)COC1. The highest BCUT2D eigenvalue weighted by atomic mass is 16.5. The van der Waals surface area contributed by atoms with Crippen LogP contribution in [0.5, 0.6) is 0 Å². The van der Waals surface area contributed by atoms with Gasteiger partial charge in [-0.2, -0.15) is 0 Å². The molecule has 0 atom stereocenters. The molecule has 20 heavy (non-hydrogen) atoms. The lowest BCUT2D eigenvalue weighted by Gasteiger charge is -2.38. The van der Waals surface area contributed by atoms with Crippen LogP contribution in [-0.4, -0.2) is 36.7 Å². The molecule has 0 aromatic carbocycles. The zero-order valence-electron chi connectivity index (χ0n) is 12.2. The molecule has 1 aliphatic carbocycles. The number of carboxylic acids is 1. The first-order valence-corrected chi connectivity index (χ1v) is 7.54. The minimum Gasteiger partial charge on any atom is -0.481 e. The molecule has 0 bridgehead atoms. The van der Waals surface area contributed by atoms with Crippen LogP contribution in [-0.2, 0) is 14.3 Å². The average Bonchev–Trinajstić information content (AvgIpc) is 2.60. The summed E-state index contributed by atoms with van der Waals surface area (Å²) in [5.41, 5.74) is -0.826. The highest BCUT2D eigenvalue weighted by Crippen LogP contribution is 2.38. The van der Waals surface area contributed by atoms with Gasteiger partial charge in [-0.05, 0) is 12.8 Å². The molecule has 0 spiro atoms. The number of rotatable bonds is 5. The van der Waals surface area contributed by atoms with Crippen LogP contribution in [0.25, 0.3) is 0 Å². The second-order valence-corrected chi connectivity index (χ2v) is 6.76. The first kappa shape index (κ1) is 15.3. The number of nitrogens with one attached hydrogen (secondary N) is 1. The Morgan fingerprint density at radius 2 is 1.75 bits per heavy atom. The Bertz CT molecular complexity index is 368. The van der Waals surface area contributed by atoms with E-state index < -0.39 is 11.4 Å². The van der Waals surface area contributed by atoms with E-state index in [4.69, 9.17) is 4.74 Å².